The number of aryl methyl sites for hydroxylation is 1. The van der Waals surface area contributed by atoms with Crippen LogP contribution in [-0.4, -0.2) is 52.5 Å². The quantitative estimate of drug-likeness (QED) is 0.865. The normalized spacial score (nSPS) is 21.6. The first-order valence-corrected chi connectivity index (χ1v) is 8.02. The van der Waals surface area contributed by atoms with Gasteiger partial charge in [0.1, 0.15) is 0 Å². The Morgan fingerprint density at radius 2 is 2.00 bits per heavy atom. The Labute approximate surface area is 136 Å². The molecular weight excluding hydrogens is 294 g/mol. The highest BCUT2D eigenvalue weighted by Gasteiger charge is 2.25. The number of aromatic nitrogens is 2. The minimum absolute atomic E-state index is 0.0864. The van der Waals surface area contributed by atoms with E-state index < -0.39 is 0 Å². The van der Waals surface area contributed by atoms with Crippen molar-refractivity contribution in [3.63, 3.8) is 0 Å². The zero-order valence-corrected chi connectivity index (χ0v) is 13.9. The van der Waals surface area contributed by atoms with Crippen molar-refractivity contribution in [3.8, 4) is 5.88 Å². The molecule has 1 aliphatic rings. The monoisotopic (exact) mass is 317 g/mol. The topological polar surface area (TPSA) is 56.6 Å². The van der Waals surface area contributed by atoms with Gasteiger partial charge in [0, 0.05) is 20.1 Å². The first-order valence-electron chi connectivity index (χ1n) is 8.02. The summed E-state index contributed by atoms with van der Waals surface area (Å²) in [5.41, 5.74) is 1.02. The predicted molar refractivity (Wildman–Crippen MR) is 87.4 cm³/mol. The molecule has 0 bridgehead atoms. The summed E-state index contributed by atoms with van der Waals surface area (Å²) in [5, 5.41) is 5.34. The van der Waals surface area contributed by atoms with Crippen LogP contribution in [0.25, 0.3) is 10.9 Å². The number of carbonyl (C=O) groups excluding carboxylic acids is 1. The second-order valence-electron chi connectivity index (χ2n) is 6.10. The van der Waals surface area contributed by atoms with Gasteiger partial charge in [-0.05, 0) is 26.0 Å². The summed E-state index contributed by atoms with van der Waals surface area (Å²) >= 11 is 0. The fraction of sp³-hybridized carbons (Fsp3) is 0.529. The lowest BCUT2D eigenvalue weighted by atomic mass is 10.2. The predicted octanol–water partition coefficient (Wildman–Crippen LogP) is 1.98. The molecule has 0 radical (unpaired) electrons. The van der Waals surface area contributed by atoms with Gasteiger partial charge in [0.05, 0.1) is 36.1 Å². The summed E-state index contributed by atoms with van der Waals surface area (Å²) in [6.45, 7) is 5.62. The van der Waals surface area contributed by atoms with E-state index in [2.05, 4.69) is 5.10 Å². The highest BCUT2D eigenvalue weighted by molar-refractivity contribution is 5.84. The average Bonchev–Trinajstić information content (AvgIpc) is 2.83. The second kappa shape index (κ2) is 6.58. The van der Waals surface area contributed by atoms with Crippen molar-refractivity contribution in [2.24, 2.45) is 7.05 Å². The third kappa shape index (κ3) is 3.47. The van der Waals surface area contributed by atoms with Gasteiger partial charge in [0.25, 0.3) is 0 Å². The lowest BCUT2D eigenvalue weighted by molar-refractivity contribution is -0.143. The standard InChI is InChI=1S/C17H23N3O3/c1-12-10-20(11-13(2)23-12)16(21)8-9-22-17-14-6-4-5-7-15(14)19(3)18-17/h4-7,12-13H,8-11H2,1-3H3/t12-,13+. The van der Waals surface area contributed by atoms with E-state index >= 15 is 0 Å². The summed E-state index contributed by atoms with van der Waals surface area (Å²) in [6, 6.07) is 7.90. The Bertz CT molecular complexity index is 687. The average molecular weight is 317 g/mol. The minimum Gasteiger partial charge on any atom is -0.476 e. The van der Waals surface area contributed by atoms with Crippen LogP contribution in [0.3, 0.4) is 0 Å². The Hall–Kier alpha value is -2.08. The third-order valence-corrected chi connectivity index (χ3v) is 4.05. The molecule has 1 fully saturated rings. The maximum atomic E-state index is 12.3. The van der Waals surface area contributed by atoms with Crippen molar-refractivity contribution in [3.05, 3.63) is 24.3 Å². The van der Waals surface area contributed by atoms with Crippen molar-refractivity contribution in [1.82, 2.24) is 14.7 Å². The molecule has 1 saturated heterocycles. The number of carbonyl (C=O) groups is 1. The molecule has 1 amide bonds. The first-order chi connectivity index (χ1) is 11.0. The maximum Gasteiger partial charge on any atom is 0.240 e. The van der Waals surface area contributed by atoms with Crippen LogP contribution in [0.2, 0.25) is 0 Å². The number of nitrogens with zero attached hydrogens (tertiary/aromatic N) is 3. The largest absolute Gasteiger partial charge is 0.476 e. The van der Waals surface area contributed by atoms with Crippen molar-refractivity contribution in [1.29, 1.82) is 0 Å². The van der Waals surface area contributed by atoms with Gasteiger partial charge in [-0.2, -0.15) is 0 Å². The van der Waals surface area contributed by atoms with Crippen molar-refractivity contribution < 1.29 is 14.3 Å². The molecule has 2 aromatic rings. The molecule has 0 saturated carbocycles. The molecule has 0 aliphatic carbocycles. The fourth-order valence-corrected chi connectivity index (χ4v) is 3.06. The van der Waals surface area contributed by atoms with Gasteiger partial charge in [-0.15, -0.1) is 5.10 Å². The van der Waals surface area contributed by atoms with E-state index in [1.165, 1.54) is 0 Å². The highest BCUT2D eigenvalue weighted by Crippen LogP contribution is 2.24. The Balaban J connectivity index is 1.57. The Morgan fingerprint density at radius 1 is 1.30 bits per heavy atom. The zero-order chi connectivity index (χ0) is 16.4. The number of para-hydroxylation sites is 1. The summed E-state index contributed by atoms with van der Waals surface area (Å²) in [7, 11) is 1.89. The maximum absolute atomic E-state index is 12.3. The van der Waals surface area contributed by atoms with Crippen LogP contribution < -0.4 is 4.74 Å². The van der Waals surface area contributed by atoms with Crippen LogP contribution in [-0.2, 0) is 16.6 Å². The number of ether oxygens (including phenoxy) is 2. The van der Waals surface area contributed by atoms with Crippen LogP contribution >= 0.6 is 0 Å². The van der Waals surface area contributed by atoms with Gasteiger partial charge in [-0.3, -0.25) is 9.48 Å². The SMILES string of the molecule is C[C@@H]1CN(C(=O)CCOc2nn(C)c3ccccc23)C[C@H](C)O1. The molecule has 2 heterocycles. The molecule has 6 nitrogen and oxygen atoms in total. The number of amides is 1. The first kappa shape index (κ1) is 15.8. The fourth-order valence-electron chi connectivity index (χ4n) is 3.06. The smallest absolute Gasteiger partial charge is 0.240 e. The molecule has 124 valence electrons. The number of benzene rings is 1. The van der Waals surface area contributed by atoms with E-state index in [0.29, 0.717) is 32.0 Å². The lowest BCUT2D eigenvalue weighted by Gasteiger charge is -2.35. The number of morpholine rings is 1. The third-order valence-electron chi connectivity index (χ3n) is 4.05. The van der Waals surface area contributed by atoms with Gasteiger partial charge in [-0.25, -0.2) is 0 Å². The van der Waals surface area contributed by atoms with E-state index in [4.69, 9.17) is 9.47 Å². The van der Waals surface area contributed by atoms with Crippen LogP contribution in [0.1, 0.15) is 20.3 Å². The number of rotatable bonds is 4. The van der Waals surface area contributed by atoms with E-state index in [1.807, 2.05) is 50.1 Å². The minimum atomic E-state index is 0.0864. The second-order valence-corrected chi connectivity index (χ2v) is 6.10. The van der Waals surface area contributed by atoms with Gasteiger partial charge < -0.3 is 14.4 Å². The molecule has 0 N–H and O–H groups in total. The molecule has 0 spiro atoms. The molecule has 1 aromatic heterocycles. The van der Waals surface area contributed by atoms with Crippen LogP contribution in [0.5, 0.6) is 5.88 Å². The summed E-state index contributed by atoms with van der Waals surface area (Å²) in [4.78, 5) is 14.2. The van der Waals surface area contributed by atoms with E-state index in [0.717, 1.165) is 10.9 Å². The van der Waals surface area contributed by atoms with Gasteiger partial charge in [0.15, 0.2) is 0 Å². The number of fused-ring (bicyclic) bond motifs is 1. The molecule has 6 heteroatoms. The van der Waals surface area contributed by atoms with Gasteiger partial charge in [-0.1, -0.05) is 12.1 Å². The van der Waals surface area contributed by atoms with Crippen molar-refractivity contribution in [2.45, 2.75) is 32.5 Å². The Morgan fingerprint density at radius 3 is 2.74 bits per heavy atom. The molecule has 1 aromatic carbocycles. The van der Waals surface area contributed by atoms with Crippen molar-refractivity contribution in [2.75, 3.05) is 19.7 Å². The van der Waals surface area contributed by atoms with Gasteiger partial charge in [0.2, 0.25) is 11.8 Å². The number of hydrogen-bond donors (Lipinski definition) is 0. The lowest BCUT2D eigenvalue weighted by Crippen LogP contribution is -2.48. The van der Waals surface area contributed by atoms with E-state index in [1.54, 1.807) is 4.68 Å². The zero-order valence-electron chi connectivity index (χ0n) is 13.9. The summed E-state index contributed by atoms with van der Waals surface area (Å²) < 4.78 is 13.2. The van der Waals surface area contributed by atoms with Crippen LogP contribution in [0, 0.1) is 0 Å². The van der Waals surface area contributed by atoms with E-state index in [-0.39, 0.29) is 18.1 Å². The molecule has 2 atom stereocenters. The van der Waals surface area contributed by atoms with Gasteiger partial charge >= 0.3 is 0 Å². The Kier molecular flexibility index (Phi) is 4.52. The molecule has 0 unspecified atom stereocenters. The van der Waals surface area contributed by atoms with Crippen LogP contribution in [0.15, 0.2) is 24.3 Å². The van der Waals surface area contributed by atoms with Crippen molar-refractivity contribution >= 4 is 16.8 Å². The van der Waals surface area contributed by atoms with Crippen LogP contribution in [0.4, 0.5) is 0 Å². The van der Waals surface area contributed by atoms with E-state index in [9.17, 15) is 4.79 Å². The molecular formula is C17H23N3O3. The molecule has 1 aliphatic heterocycles. The number of hydrogen-bond acceptors (Lipinski definition) is 4. The summed E-state index contributed by atoms with van der Waals surface area (Å²) in [6.07, 6.45) is 0.524. The highest BCUT2D eigenvalue weighted by atomic mass is 16.5. The summed E-state index contributed by atoms with van der Waals surface area (Å²) in [5.74, 6) is 0.687. The molecule has 3 rings (SSSR count). The molecule has 23 heavy (non-hydrogen) atoms.